The van der Waals surface area contributed by atoms with Crippen molar-refractivity contribution in [3.63, 3.8) is 0 Å². The number of para-hydroxylation sites is 1. The fourth-order valence-corrected chi connectivity index (χ4v) is 2.65. The summed E-state index contributed by atoms with van der Waals surface area (Å²) in [5.74, 6) is 1.88. The van der Waals surface area contributed by atoms with Crippen LogP contribution < -0.4 is 10.1 Å². The molecule has 0 aromatic heterocycles. The number of piperazine rings is 1. The zero-order valence-corrected chi connectivity index (χ0v) is 14.2. The molecule has 1 aliphatic heterocycles. The number of benzene rings is 1. The van der Waals surface area contributed by atoms with E-state index in [0.717, 1.165) is 50.0 Å². The van der Waals surface area contributed by atoms with Crippen molar-refractivity contribution < 1.29 is 9.53 Å². The van der Waals surface area contributed by atoms with Crippen LogP contribution in [0.2, 0.25) is 0 Å². The van der Waals surface area contributed by atoms with Crippen LogP contribution in [0.4, 0.5) is 0 Å². The van der Waals surface area contributed by atoms with E-state index >= 15 is 0 Å². The molecule has 0 bridgehead atoms. The molecule has 0 aliphatic carbocycles. The third-order valence-corrected chi connectivity index (χ3v) is 3.95. The first kappa shape index (κ1) is 17.1. The first-order chi connectivity index (χ1) is 11.2. The highest BCUT2D eigenvalue weighted by molar-refractivity contribution is 5.80. The molecule has 6 nitrogen and oxygen atoms in total. The molecule has 1 aromatic carbocycles. The maximum atomic E-state index is 11.4. The number of aliphatic imine (C=N–C) groups is 1. The number of carbonyl (C=O) groups excluding carboxylic acids is 1. The zero-order chi connectivity index (χ0) is 16.7. The van der Waals surface area contributed by atoms with Gasteiger partial charge >= 0.3 is 0 Å². The third kappa shape index (κ3) is 4.61. The Labute approximate surface area is 138 Å². The van der Waals surface area contributed by atoms with Crippen LogP contribution >= 0.6 is 0 Å². The van der Waals surface area contributed by atoms with Crippen molar-refractivity contribution in [1.82, 2.24) is 15.1 Å². The summed E-state index contributed by atoms with van der Waals surface area (Å²) in [5.41, 5.74) is 1.06. The predicted octanol–water partition coefficient (Wildman–Crippen LogP) is 1.32. The van der Waals surface area contributed by atoms with E-state index in [1.54, 1.807) is 14.0 Å². The van der Waals surface area contributed by atoms with Crippen LogP contribution in [0.1, 0.15) is 19.4 Å². The number of hydrogen-bond acceptors (Lipinski definition) is 3. The molecule has 2 rings (SSSR count). The molecular weight excluding hydrogens is 292 g/mol. The summed E-state index contributed by atoms with van der Waals surface area (Å²) in [5, 5.41) is 3.34. The normalized spacial score (nSPS) is 15.5. The van der Waals surface area contributed by atoms with Gasteiger partial charge in [-0.1, -0.05) is 18.2 Å². The van der Waals surface area contributed by atoms with Gasteiger partial charge in [0, 0.05) is 45.2 Å². The number of carbonyl (C=O) groups is 1. The molecule has 1 fully saturated rings. The van der Waals surface area contributed by atoms with Gasteiger partial charge in [-0.2, -0.15) is 0 Å². The first-order valence-corrected chi connectivity index (χ1v) is 8.06. The molecule has 6 heteroatoms. The Bertz CT molecular complexity index is 551. The Hall–Kier alpha value is -2.24. The maximum Gasteiger partial charge on any atom is 0.219 e. The highest BCUT2D eigenvalue weighted by Gasteiger charge is 2.20. The van der Waals surface area contributed by atoms with Gasteiger partial charge in [-0.15, -0.1) is 0 Å². The second-order valence-electron chi connectivity index (χ2n) is 5.48. The van der Waals surface area contributed by atoms with Gasteiger partial charge < -0.3 is 19.9 Å². The SMILES string of the molecule is CCNC(=NCc1ccccc1OC)N1CCN(C(C)=O)CC1. The molecule has 23 heavy (non-hydrogen) atoms. The largest absolute Gasteiger partial charge is 0.496 e. The second kappa shape index (κ2) is 8.41. The van der Waals surface area contributed by atoms with Gasteiger partial charge in [-0.3, -0.25) is 4.79 Å². The van der Waals surface area contributed by atoms with Crippen LogP contribution in [0.3, 0.4) is 0 Å². The molecule has 0 saturated carbocycles. The predicted molar refractivity (Wildman–Crippen MR) is 91.6 cm³/mol. The summed E-state index contributed by atoms with van der Waals surface area (Å²) < 4.78 is 5.38. The molecule has 1 heterocycles. The lowest BCUT2D eigenvalue weighted by atomic mass is 10.2. The zero-order valence-electron chi connectivity index (χ0n) is 14.2. The highest BCUT2D eigenvalue weighted by Crippen LogP contribution is 2.18. The lowest BCUT2D eigenvalue weighted by Crippen LogP contribution is -2.53. The monoisotopic (exact) mass is 318 g/mol. The number of guanidine groups is 1. The van der Waals surface area contributed by atoms with Crippen molar-refractivity contribution in [2.45, 2.75) is 20.4 Å². The van der Waals surface area contributed by atoms with E-state index in [-0.39, 0.29) is 5.91 Å². The topological polar surface area (TPSA) is 57.2 Å². The van der Waals surface area contributed by atoms with Crippen molar-refractivity contribution >= 4 is 11.9 Å². The van der Waals surface area contributed by atoms with E-state index < -0.39 is 0 Å². The van der Waals surface area contributed by atoms with Crippen molar-refractivity contribution in [1.29, 1.82) is 0 Å². The second-order valence-corrected chi connectivity index (χ2v) is 5.48. The minimum Gasteiger partial charge on any atom is -0.496 e. The van der Waals surface area contributed by atoms with Crippen LogP contribution in [0.5, 0.6) is 5.75 Å². The smallest absolute Gasteiger partial charge is 0.219 e. The summed E-state index contributed by atoms with van der Waals surface area (Å²) in [4.78, 5) is 20.2. The van der Waals surface area contributed by atoms with E-state index in [4.69, 9.17) is 9.73 Å². The van der Waals surface area contributed by atoms with Crippen molar-refractivity contribution in [2.75, 3.05) is 39.8 Å². The van der Waals surface area contributed by atoms with Crippen LogP contribution in [0.25, 0.3) is 0 Å². The Kier molecular flexibility index (Phi) is 6.26. The van der Waals surface area contributed by atoms with Gasteiger partial charge in [-0.05, 0) is 13.0 Å². The molecule has 1 N–H and O–H groups in total. The number of rotatable bonds is 4. The third-order valence-electron chi connectivity index (χ3n) is 3.95. The van der Waals surface area contributed by atoms with Crippen LogP contribution in [-0.2, 0) is 11.3 Å². The van der Waals surface area contributed by atoms with Crippen LogP contribution in [0, 0.1) is 0 Å². The molecule has 126 valence electrons. The molecule has 1 aliphatic rings. The van der Waals surface area contributed by atoms with E-state index in [9.17, 15) is 4.79 Å². The fraction of sp³-hybridized carbons (Fsp3) is 0.529. The molecule has 0 radical (unpaired) electrons. The lowest BCUT2D eigenvalue weighted by molar-refractivity contribution is -0.130. The molecular formula is C17H26N4O2. The standard InChI is InChI=1S/C17H26N4O2/c1-4-18-17(21-11-9-20(10-12-21)14(2)22)19-13-15-7-5-6-8-16(15)23-3/h5-8H,4,9-13H2,1-3H3,(H,18,19). The van der Waals surface area contributed by atoms with Crippen LogP contribution in [0.15, 0.2) is 29.3 Å². The minimum absolute atomic E-state index is 0.139. The van der Waals surface area contributed by atoms with Gasteiger partial charge in [0.2, 0.25) is 5.91 Å². The van der Waals surface area contributed by atoms with E-state index in [1.807, 2.05) is 29.2 Å². The van der Waals surface area contributed by atoms with Crippen molar-refractivity contribution in [3.05, 3.63) is 29.8 Å². The molecule has 1 amide bonds. The highest BCUT2D eigenvalue weighted by atomic mass is 16.5. The van der Waals surface area contributed by atoms with E-state index in [1.165, 1.54) is 0 Å². The van der Waals surface area contributed by atoms with Crippen LogP contribution in [-0.4, -0.2) is 61.5 Å². The Balaban J connectivity index is 2.04. The van der Waals surface area contributed by atoms with Gasteiger partial charge in [0.1, 0.15) is 5.75 Å². The molecule has 0 atom stereocenters. The average molecular weight is 318 g/mol. The van der Waals surface area contributed by atoms with Crippen molar-refractivity contribution in [2.24, 2.45) is 4.99 Å². The summed E-state index contributed by atoms with van der Waals surface area (Å²) in [6, 6.07) is 7.92. The van der Waals surface area contributed by atoms with Crippen molar-refractivity contribution in [3.8, 4) is 5.75 Å². The Morgan fingerprint density at radius 2 is 1.87 bits per heavy atom. The summed E-state index contributed by atoms with van der Waals surface area (Å²) in [6.07, 6.45) is 0. The summed E-state index contributed by atoms with van der Waals surface area (Å²) in [7, 11) is 1.68. The molecule has 1 aromatic rings. The number of methoxy groups -OCH3 is 1. The molecule has 1 saturated heterocycles. The number of hydrogen-bond donors (Lipinski definition) is 1. The quantitative estimate of drug-likeness (QED) is 0.672. The first-order valence-electron chi connectivity index (χ1n) is 8.06. The maximum absolute atomic E-state index is 11.4. The van der Waals surface area contributed by atoms with Gasteiger partial charge in [0.15, 0.2) is 5.96 Å². The molecule has 0 spiro atoms. The van der Waals surface area contributed by atoms with E-state index in [0.29, 0.717) is 6.54 Å². The number of ether oxygens (including phenoxy) is 1. The Morgan fingerprint density at radius 1 is 1.22 bits per heavy atom. The number of nitrogens with one attached hydrogen (secondary N) is 1. The number of amides is 1. The summed E-state index contributed by atoms with van der Waals surface area (Å²) in [6.45, 7) is 8.16. The number of nitrogens with zero attached hydrogens (tertiary/aromatic N) is 3. The fourth-order valence-electron chi connectivity index (χ4n) is 2.65. The van der Waals surface area contributed by atoms with Gasteiger partial charge in [-0.25, -0.2) is 4.99 Å². The lowest BCUT2D eigenvalue weighted by Gasteiger charge is -2.36. The molecule has 0 unspecified atom stereocenters. The Morgan fingerprint density at radius 3 is 2.48 bits per heavy atom. The van der Waals surface area contributed by atoms with E-state index in [2.05, 4.69) is 17.1 Å². The van der Waals surface area contributed by atoms with Gasteiger partial charge in [0.25, 0.3) is 0 Å². The van der Waals surface area contributed by atoms with Gasteiger partial charge in [0.05, 0.1) is 13.7 Å². The minimum atomic E-state index is 0.139. The summed E-state index contributed by atoms with van der Waals surface area (Å²) >= 11 is 0. The average Bonchev–Trinajstić information content (AvgIpc) is 2.59.